The van der Waals surface area contributed by atoms with E-state index in [-0.39, 0.29) is 0 Å². The van der Waals surface area contributed by atoms with Gasteiger partial charge < -0.3 is 4.74 Å². The monoisotopic (exact) mass is 311 g/mol. The van der Waals surface area contributed by atoms with Crippen LogP contribution in [-0.4, -0.2) is 27.5 Å². The number of sulfonamides is 1. The van der Waals surface area contributed by atoms with Crippen LogP contribution in [0.1, 0.15) is 12.5 Å². The highest BCUT2D eigenvalue weighted by molar-refractivity contribution is 7.89. The highest BCUT2D eigenvalue weighted by atomic mass is 32.2. The summed E-state index contributed by atoms with van der Waals surface area (Å²) in [6.07, 6.45) is -4.82. The molecule has 0 aliphatic carbocycles. The Balaban J connectivity index is 3.21. The largest absolute Gasteiger partial charge is 0.468 e. The fourth-order valence-corrected chi connectivity index (χ4v) is 2.88. The second-order valence-electron chi connectivity index (χ2n) is 3.86. The summed E-state index contributed by atoms with van der Waals surface area (Å²) in [4.78, 5) is 10.2. The number of benzene rings is 1. The zero-order chi connectivity index (χ0) is 15.6. The smallest absolute Gasteiger partial charge is 0.417 e. The van der Waals surface area contributed by atoms with Crippen LogP contribution in [0.2, 0.25) is 0 Å². The maximum Gasteiger partial charge on any atom is 0.417 e. The van der Waals surface area contributed by atoms with E-state index in [1.54, 1.807) is 0 Å². The Morgan fingerprint density at radius 1 is 1.30 bits per heavy atom. The molecular weight excluding hydrogens is 299 g/mol. The van der Waals surface area contributed by atoms with Crippen LogP contribution in [0.5, 0.6) is 0 Å². The Bertz CT molecular complexity index is 598. The molecule has 0 aliphatic rings. The van der Waals surface area contributed by atoms with Gasteiger partial charge in [-0.1, -0.05) is 12.1 Å². The summed E-state index contributed by atoms with van der Waals surface area (Å²) in [6.45, 7) is 1.17. The maximum atomic E-state index is 12.8. The van der Waals surface area contributed by atoms with Crippen molar-refractivity contribution in [1.29, 1.82) is 0 Å². The first kappa shape index (κ1) is 16.4. The van der Waals surface area contributed by atoms with Crippen LogP contribution in [0.15, 0.2) is 29.2 Å². The molecule has 0 saturated heterocycles. The number of alkyl halides is 3. The van der Waals surface area contributed by atoms with Gasteiger partial charge in [-0.05, 0) is 19.1 Å². The zero-order valence-corrected chi connectivity index (χ0v) is 11.4. The predicted octanol–water partition coefficient (Wildman–Crippen LogP) is 1.55. The lowest BCUT2D eigenvalue weighted by atomic mass is 10.2. The molecule has 9 heteroatoms. The fraction of sp³-hybridized carbons (Fsp3) is 0.364. The molecule has 1 unspecified atom stereocenters. The predicted molar refractivity (Wildman–Crippen MR) is 63.2 cm³/mol. The molecule has 1 rings (SSSR count). The Kier molecular flexibility index (Phi) is 4.77. The van der Waals surface area contributed by atoms with Gasteiger partial charge in [0.15, 0.2) is 0 Å². The van der Waals surface area contributed by atoms with Gasteiger partial charge in [0.05, 0.1) is 17.6 Å². The summed E-state index contributed by atoms with van der Waals surface area (Å²) in [5.41, 5.74) is -1.30. The average molecular weight is 311 g/mol. The van der Waals surface area contributed by atoms with Crippen molar-refractivity contribution in [2.24, 2.45) is 0 Å². The van der Waals surface area contributed by atoms with Crippen molar-refractivity contribution in [3.8, 4) is 0 Å². The van der Waals surface area contributed by atoms with Crippen LogP contribution in [-0.2, 0) is 25.7 Å². The van der Waals surface area contributed by atoms with Gasteiger partial charge in [0.25, 0.3) is 0 Å². The molecule has 1 atom stereocenters. The second-order valence-corrected chi connectivity index (χ2v) is 5.54. The molecule has 0 amide bonds. The molecule has 0 radical (unpaired) electrons. The topological polar surface area (TPSA) is 72.5 Å². The number of ether oxygens (including phenoxy) is 1. The van der Waals surface area contributed by atoms with Crippen LogP contribution in [0.3, 0.4) is 0 Å². The van der Waals surface area contributed by atoms with E-state index in [4.69, 9.17) is 0 Å². The van der Waals surface area contributed by atoms with E-state index in [1.165, 1.54) is 6.92 Å². The minimum Gasteiger partial charge on any atom is -0.468 e. The minimum atomic E-state index is -4.82. The number of carbonyl (C=O) groups is 1. The molecule has 1 aromatic rings. The lowest BCUT2D eigenvalue weighted by Gasteiger charge is -2.16. The van der Waals surface area contributed by atoms with Gasteiger partial charge in [-0.15, -0.1) is 0 Å². The molecule has 0 fully saturated rings. The first-order chi connectivity index (χ1) is 9.09. The molecule has 5 nitrogen and oxygen atoms in total. The fourth-order valence-electron chi connectivity index (χ4n) is 1.46. The third-order valence-corrected chi connectivity index (χ3v) is 3.97. The normalized spacial score (nSPS) is 13.8. The summed E-state index contributed by atoms with van der Waals surface area (Å²) >= 11 is 0. The van der Waals surface area contributed by atoms with Gasteiger partial charge in [-0.25, -0.2) is 8.42 Å². The summed E-state index contributed by atoms with van der Waals surface area (Å²) in [6, 6.07) is 2.40. The van der Waals surface area contributed by atoms with Crippen molar-refractivity contribution in [3.05, 3.63) is 29.8 Å². The molecular formula is C11H12F3NO4S. The number of halogens is 3. The van der Waals surface area contributed by atoms with Gasteiger partial charge in [0, 0.05) is 0 Å². The highest BCUT2D eigenvalue weighted by Gasteiger charge is 2.37. The second kappa shape index (κ2) is 5.80. The van der Waals surface area contributed by atoms with Gasteiger partial charge in [-0.2, -0.15) is 17.9 Å². The third kappa shape index (κ3) is 3.70. The summed E-state index contributed by atoms with van der Waals surface area (Å²) in [5, 5.41) is 0. The van der Waals surface area contributed by atoms with Crippen molar-refractivity contribution in [2.75, 3.05) is 7.11 Å². The Morgan fingerprint density at radius 2 is 1.85 bits per heavy atom. The van der Waals surface area contributed by atoms with Gasteiger partial charge in [0.1, 0.15) is 6.04 Å². The minimum absolute atomic E-state index is 0.650. The van der Waals surface area contributed by atoms with Gasteiger partial charge in [-0.3, -0.25) is 4.79 Å². The number of nitrogens with one attached hydrogen (secondary N) is 1. The van der Waals surface area contributed by atoms with E-state index in [9.17, 15) is 26.4 Å². The molecule has 0 bridgehead atoms. The van der Waals surface area contributed by atoms with E-state index in [2.05, 4.69) is 4.74 Å². The van der Waals surface area contributed by atoms with E-state index in [0.717, 1.165) is 25.3 Å². The summed E-state index contributed by atoms with van der Waals surface area (Å²) in [5.74, 6) is -0.905. The SMILES string of the molecule is COC(=O)C(C)NS(=O)(=O)c1ccccc1C(F)(F)F. The number of esters is 1. The molecule has 0 saturated carbocycles. The molecule has 0 heterocycles. The van der Waals surface area contributed by atoms with Gasteiger partial charge in [0.2, 0.25) is 10.0 Å². The van der Waals surface area contributed by atoms with Crippen LogP contribution in [0.25, 0.3) is 0 Å². The molecule has 1 N–H and O–H groups in total. The van der Waals surface area contributed by atoms with Crippen LogP contribution in [0, 0.1) is 0 Å². The zero-order valence-electron chi connectivity index (χ0n) is 10.6. The number of rotatable bonds is 4. The number of hydrogen-bond donors (Lipinski definition) is 1. The highest BCUT2D eigenvalue weighted by Crippen LogP contribution is 2.33. The number of carbonyl (C=O) groups excluding carboxylic acids is 1. The van der Waals surface area contributed by atoms with Crippen molar-refractivity contribution >= 4 is 16.0 Å². The van der Waals surface area contributed by atoms with E-state index >= 15 is 0 Å². The van der Waals surface area contributed by atoms with Crippen molar-refractivity contribution < 1.29 is 31.1 Å². The van der Waals surface area contributed by atoms with E-state index < -0.39 is 38.7 Å². The third-order valence-electron chi connectivity index (χ3n) is 2.37. The van der Waals surface area contributed by atoms with Crippen LogP contribution < -0.4 is 4.72 Å². The molecule has 20 heavy (non-hydrogen) atoms. The Hall–Kier alpha value is -1.61. The Labute approximate surface area is 113 Å². The molecule has 1 aromatic carbocycles. The van der Waals surface area contributed by atoms with Crippen molar-refractivity contribution in [1.82, 2.24) is 4.72 Å². The Morgan fingerprint density at radius 3 is 2.35 bits per heavy atom. The molecule has 0 aliphatic heterocycles. The van der Waals surface area contributed by atoms with Crippen LogP contribution >= 0.6 is 0 Å². The van der Waals surface area contributed by atoms with Crippen molar-refractivity contribution in [3.63, 3.8) is 0 Å². The summed E-state index contributed by atoms with van der Waals surface area (Å²) in [7, 11) is -3.46. The quantitative estimate of drug-likeness (QED) is 0.856. The molecule has 0 spiro atoms. The standard InChI is InChI=1S/C11H12F3NO4S/c1-7(10(16)19-2)15-20(17,18)9-6-4-3-5-8(9)11(12,13)14/h3-7,15H,1-2H3. The lowest BCUT2D eigenvalue weighted by Crippen LogP contribution is -2.39. The maximum absolute atomic E-state index is 12.8. The molecule has 0 aromatic heterocycles. The first-order valence-electron chi connectivity index (χ1n) is 5.36. The van der Waals surface area contributed by atoms with Crippen molar-refractivity contribution in [2.45, 2.75) is 24.0 Å². The van der Waals surface area contributed by atoms with E-state index in [1.807, 2.05) is 4.72 Å². The number of hydrogen-bond acceptors (Lipinski definition) is 4. The van der Waals surface area contributed by atoms with Gasteiger partial charge >= 0.3 is 12.1 Å². The average Bonchev–Trinajstić information content (AvgIpc) is 2.36. The first-order valence-corrected chi connectivity index (χ1v) is 6.84. The van der Waals surface area contributed by atoms with Crippen LogP contribution in [0.4, 0.5) is 13.2 Å². The molecule has 112 valence electrons. The summed E-state index contributed by atoms with van der Waals surface area (Å²) < 4.78 is 68.2. The van der Waals surface area contributed by atoms with E-state index in [0.29, 0.717) is 6.07 Å². The number of methoxy groups -OCH3 is 1. The lowest BCUT2D eigenvalue weighted by molar-refractivity contribution is -0.142.